The van der Waals surface area contributed by atoms with Gasteiger partial charge in [0.2, 0.25) is 5.91 Å². The lowest BCUT2D eigenvalue weighted by atomic mass is 9.95. The number of amides is 1. The van der Waals surface area contributed by atoms with Crippen LogP contribution in [0.4, 0.5) is 5.69 Å². The molecule has 1 aromatic rings. The Balaban J connectivity index is 1.99. The second-order valence-corrected chi connectivity index (χ2v) is 6.32. The summed E-state index contributed by atoms with van der Waals surface area (Å²) in [6.07, 6.45) is 2.64. The van der Waals surface area contributed by atoms with Gasteiger partial charge in [0.15, 0.2) is 0 Å². The molecule has 1 aromatic carbocycles. The number of carbonyl (C=O) groups excluding carboxylic acids is 1. The van der Waals surface area contributed by atoms with Gasteiger partial charge in [0.1, 0.15) is 0 Å². The number of benzene rings is 1. The molecule has 0 radical (unpaired) electrons. The molecular weight excluding hydrogens is 264 g/mol. The minimum Gasteiger partial charge on any atom is -0.389 e. The van der Waals surface area contributed by atoms with Gasteiger partial charge < -0.3 is 10.4 Å². The number of anilines is 1. The van der Waals surface area contributed by atoms with E-state index in [9.17, 15) is 9.90 Å². The van der Waals surface area contributed by atoms with Crippen LogP contribution in [0.15, 0.2) is 18.2 Å². The number of hydrogen-bond acceptors (Lipinski definition) is 3. The third-order valence-electron chi connectivity index (χ3n) is 4.13. The van der Waals surface area contributed by atoms with Gasteiger partial charge in [0, 0.05) is 12.2 Å². The lowest BCUT2D eigenvalue weighted by molar-refractivity contribution is -0.118. The first kappa shape index (κ1) is 16.0. The van der Waals surface area contributed by atoms with Crippen LogP contribution >= 0.6 is 0 Å². The Hall–Kier alpha value is -1.39. The van der Waals surface area contributed by atoms with E-state index in [4.69, 9.17) is 0 Å². The van der Waals surface area contributed by atoms with Crippen molar-refractivity contribution in [3.8, 4) is 0 Å². The summed E-state index contributed by atoms with van der Waals surface area (Å²) in [6.45, 7) is 7.72. The van der Waals surface area contributed by atoms with Crippen molar-refractivity contribution in [1.29, 1.82) is 0 Å². The monoisotopic (exact) mass is 290 g/mol. The van der Waals surface area contributed by atoms with Crippen LogP contribution in [0.2, 0.25) is 0 Å². The lowest BCUT2D eigenvalue weighted by Gasteiger charge is -2.36. The van der Waals surface area contributed by atoms with E-state index in [0.29, 0.717) is 13.1 Å². The van der Waals surface area contributed by atoms with Crippen LogP contribution in [0.5, 0.6) is 0 Å². The fourth-order valence-electron chi connectivity index (χ4n) is 3.04. The molecule has 0 aliphatic carbocycles. The summed E-state index contributed by atoms with van der Waals surface area (Å²) >= 11 is 0. The molecule has 1 heterocycles. The van der Waals surface area contributed by atoms with Gasteiger partial charge in [-0.2, -0.15) is 0 Å². The molecule has 116 valence electrons. The van der Waals surface area contributed by atoms with Crippen molar-refractivity contribution < 1.29 is 9.90 Å². The van der Waals surface area contributed by atoms with Crippen molar-refractivity contribution in [1.82, 2.24) is 4.90 Å². The average molecular weight is 290 g/mol. The van der Waals surface area contributed by atoms with Gasteiger partial charge in [-0.15, -0.1) is 0 Å². The zero-order valence-electron chi connectivity index (χ0n) is 13.3. The number of rotatable bonds is 4. The van der Waals surface area contributed by atoms with Gasteiger partial charge in [-0.05, 0) is 50.8 Å². The highest BCUT2D eigenvalue weighted by atomic mass is 16.3. The number of aryl methyl sites for hydroxylation is 2. The molecule has 1 amide bonds. The molecule has 4 heteroatoms. The van der Waals surface area contributed by atoms with Crippen LogP contribution in [-0.4, -0.2) is 41.1 Å². The summed E-state index contributed by atoms with van der Waals surface area (Å²) in [7, 11) is 0. The number of nitrogens with zero attached hydrogens (tertiary/aromatic N) is 1. The highest BCUT2D eigenvalue weighted by Gasteiger charge is 2.29. The normalized spacial score (nSPS) is 23.0. The van der Waals surface area contributed by atoms with E-state index in [-0.39, 0.29) is 5.91 Å². The van der Waals surface area contributed by atoms with Crippen molar-refractivity contribution in [2.24, 2.45) is 0 Å². The minimum atomic E-state index is -0.671. The van der Waals surface area contributed by atoms with Crippen LogP contribution in [0.3, 0.4) is 0 Å². The number of piperidine rings is 1. The van der Waals surface area contributed by atoms with Crippen LogP contribution in [-0.2, 0) is 11.2 Å². The molecule has 4 nitrogen and oxygen atoms in total. The number of aliphatic hydroxyl groups is 1. The standard InChI is InChI=1S/C17H26N2O2/c1-4-14-8-5-7-13(2)16(14)18-15(20)11-19-10-6-9-17(3,21)12-19/h5,7-8,21H,4,6,9-12H2,1-3H3,(H,18,20). The number of β-amino-alcohol motifs (C(OH)–C–C–N with tert-alkyl or cyclic N) is 1. The van der Waals surface area contributed by atoms with Gasteiger partial charge >= 0.3 is 0 Å². The predicted molar refractivity (Wildman–Crippen MR) is 85.5 cm³/mol. The summed E-state index contributed by atoms with van der Waals surface area (Å²) in [5, 5.41) is 13.1. The van der Waals surface area contributed by atoms with E-state index in [1.54, 1.807) is 0 Å². The largest absolute Gasteiger partial charge is 0.389 e. The predicted octanol–water partition coefficient (Wildman–Crippen LogP) is 2.34. The van der Waals surface area contributed by atoms with E-state index < -0.39 is 5.60 Å². The van der Waals surface area contributed by atoms with Crippen molar-refractivity contribution in [2.75, 3.05) is 25.0 Å². The van der Waals surface area contributed by atoms with Gasteiger partial charge in [0.05, 0.1) is 12.1 Å². The second kappa shape index (κ2) is 6.58. The molecule has 1 aliphatic heterocycles. The number of para-hydroxylation sites is 1. The summed E-state index contributed by atoms with van der Waals surface area (Å²) in [6, 6.07) is 6.08. The van der Waals surface area contributed by atoms with Gasteiger partial charge in [-0.1, -0.05) is 25.1 Å². The molecule has 0 bridgehead atoms. The smallest absolute Gasteiger partial charge is 0.238 e. The highest BCUT2D eigenvalue weighted by Crippen LogP contribution is 2.22. The summed E-state index contributed by atoms with van der Waals surface area (Å²) < 4.78 is 0. The Kier molecular flexibility index (Phi) is 5.01. The maximum Gasteiger partial charge on any atom is 0.238 e. The number of hydrogen-bond donors (Lipinski definition) is 2. The second-order valence-electron chi connectivity index (χ2n) is 6.32. The van der Waals surface area contributed by atoms with Crippen molar-refractivity contribution >= 4 is 11.6 Å². The fourth-order valence-corrected chi connectivity index (χ4v) is 3.04. The number of nitrogens with one attached hydrogen (secondary N) is 1. The molecule has 1 saturated heterocycles. The zero-order chi connectivity index (χ0) is 15.5. The number of carbonyl (C=O) groups is 1. The van der Waals surface area contributed by atoms with Crippen molar-refractivity contribution in [3.63, 3.8) is 0 Å². The summed E-state index contributed by atoms with van der Waals surface area (Å²) in [5.41, 5.74) is 2.52. The zero-order valence-corrected chi connectivity index (χ0v) is 13.3. The SMILES string of the molecule is CCc1cccc(C)c1NC(=O)CN1CCCC(C)(O)C1. The van der Waals surface area contributed by atoms with Crippen molar-refractivity contribution in [2.45, 2.75) is 45.6 Å². The van der Waals surface area contributed by atoms with E-state index in [1.807, 2.05) is 36.9 Å². The molecule has 1 fully saturated rings. The average Bonchev–Trinajstić information content (AvgIpc) is 2.39. The molecule has 2 rings (SSSR count). The van der Waals surface area contributed by atoms with Gasteiger partial charge in [-0.25, -0.2) is 0 Å². The van der Waals surface area contributed by atoms with E-state index in [0.717, 1.165) is 42.6 Å². The molecular formula is C17H26N2O2. The molecule has 21 heavy (non-hydrogen) atoms. The third kappa shape index (κ3) is 4.29. The van der Waals surface area contributed by atoms with Gasteiger partial charge in [-0.3, -0.25) is 9.69 Å². The summed E-state index contributed by atoms with van der Waals surface area (Å²) in [4.78, 5) is 14.3. The van der Waals surface area contributed by atoms with Crippen molar-refractivity contribution in [3.05, 3.63) is 29.3 Å². The third-order valence-corrected chi connectivity index (χ3v) is 4.13. The van der Waals surface area contributed by atoms with E-state index >= 15 is 0 Å². The molecule has 0 spiro atoms. The first-order chi connectivity index (χ1) is 9.91. The van der Waals surface area contributed by atoms with Gasteiger partial charge in [0.25, 0.3) is 0 Å². The Morgan fingerprint density at radius 3 is 2.90 bits per heavy atom. The maximum absolute atomic E-state index is 12.3. The Bertz CT molecular complexity index is 512. The maximum atomic E-state index is 12.3. The molecule has 1 aliphatic rings. The Labute approximate surface area is 127 Å². The minimum absolute atomic E-state index is 0.00306. The van der Waals surface area contributed by atoms with E-state index in [2.05, 4.69) is 12.2 Å². The van der Waals surface area contributed by atoms with Crippen LogP contribution in [0, 0.1) is 6.92 Å². The van der Waals surface area contributed by atoms with Crippen LogP contribution in [0.1, 0.15) is 37.8 Å². The first-order valence-corrected chi connectivity index (χ1v) is 7.74. The highest BCUT2D eigenvalue weighted by molar-refractivity contribution is 5.93. The molecule has 0 saturated carbocycles. The number of likely N-dealkylation sites (tertiary alicyclic amines) is 1. The molecule has 2 N–H and O–H groups in total. The van der Waals surface area contributed by atoms with Crippen LogP contribution < -0.4 is 5.32 Å². The summed E-state index contributed by atoms with van der Waals surface area (Å²) in [5.74, 6) is -0.00306. The Morgan fingerprint density at radius 1 is 1.48 bits per heavy atom. The molecule has 1 atom stereocenters. The first-order valence-electron chi connectivity index (χ1n) is 7.74. The van der Waals surface area contributed by atoms with E-state index in [1.165, 1.54) is 0 Å². The van der Waals surface area contributed by atoms with Crippen LogP contribution in [0.25, 0.3) is 0 Å². The lowest BCUT2D eigenvalue weighted by Crippen LogP contribution is -2.48. The topological polar surface area (TPSA) is 52.6 Å². The molecule has 0 aromatic heterocycles. The Morgan fingerprint density at radius 2 is 2.24 bits per heavy atom. The fraction of sp³-hybridized carbons (Fsp3) is 0.588. The molecule has 1 unspecified atom stereocenters. The quantitative estimate of drug-likeness (QED) is 0.895.